The van der Waals surface area contributed by atoms with Crippen molar-refractivity contribution in [3.63, 3.8) is 0 Å². The van der Waals surface area contributed by atoms with Crippen LogP contribution >= 0.6 is 0 Å². The fraction of sp³-hybridized carbons (Fsp3) is 1.00. The van der Waals surface area contributed by atoms with E-state index in [1.54, 1.807) is 7.11 Å². The van der Waals surface area contributed by atoms with Crippen LogP contribution in [0.15, 0.2) is 0 Å². The van der Waals surface area contributed by atoms with Gasteiger partial charge in [-0.05, 0) is 33.2 Å². The van der Waals surface area contributed by atoms with Gasteiger partial charge in [0, 0.05) is 19.3 Å². The van der Waals surface area contributed by atoms with Crippen molar-refractivity contribution >= 4 is 0 Å². The fourth-order valence-electron chi connectivity index (χ4n) is 1.34. The molecule has 13 heavy (non-hydrogen) atoms. The number of rotatable bonds is 7. The molecule has 0 aromatic carbocycles. The summed E-state index contributed by atoms with van der Waals surface area (Å²) in [5, 5.41) is 12.4. The Morgan fingerprint density at radius 3 is 2.54 bits per heavy atom. The molecule has 0 saturated carbocycles. The normalized spacial score (nSPS) is 18.2. The first kappa shape index (κ1) is 12.9. The lowest BCUT2D eigenvalue weighted by atomic mass is 9.92. The van der Waals surface area contributed by atoms with Crippen molar-refractivity contribution in [1.82, 2.24) is 5.32 Å². The summed E-state index contributed by atoms with van der Waals surface area (Å²) in [7, 11) is 1.70. The van der Waals surface area contributed by atoms with Crippen LogP contribution in [0.1, 0.15) is 33.6 Å². The van der Waals surface area contributed by atoms with Gasteiger partial charge in [0.1, 0.15) is 0 Å². The molecule has 0 rings (SSSR count). The van der Waals surface area contributed by atoms with E-state index in [4.69, 9.17) is 9.84 Å². The number of methoxy groups -OCH3 is 1. The molecule has 0 amide bonds. The number of hydrogen-bond acceptors (Lipinski definition) is 3. The third-order valence-corrected chi connectivity index (χ3v) is 2.66. The Morgan fingerprint density at radius 2 is 2.15 bits per heavy atom. The summed E-state index contributed by atoms with van der Waals surface area (Å²) in [6.07, 6.45) is 1.94. The molecule has 0 fully saturated rings. The van der Waals surface area contributed by atoms with Crippen LogP contribution in [0.5, 0.6) is 0 Å². The zero-order chi connectivity index (χ0) is 10.3. The zero-order valence-electron chi connectivity index (χ0n) is 9.26. The van der Waals surface area contributed by atoms with Gasteiger partial charge in [0.05, 0.1) is 6.10 Å². The molecule has 0 spiro atoms. The Kier molecular flexibility index (Phi) is 6.29. The van der Waals surface area contributed by atoms with E-state index >= 15 is 0 Å². The highest BCUT2D eigenvalue weighted by molar-refractivity contribution is 4.88. The Balaban J connectivity index is 4.14. The van der Waals surface area contributed by atoms with Gasteiger partial charge in [-0.3, -0.25) is 0 Å². The topological polar surface area (TPSA) is 41.5 Å². The highest BCUT2D eigenvalue weighted by Gasteiger charge is 2.29. The second-order valence-corrected chi connectivity index (χ2v) is 3.70. The van der Waals surface area contributed by atoms with Gasteiger partial charge in [-0.2, -0.15) is 0 Å². The minimum absolute atomic E-state index is 0.112. The van der Waals surface area contributed by atoms with E-state index in [-0.39, 0.29) is 18.2 Å². The minimum Gasteiger partial charge on any atom is -0.396 e. The first-order chi connectivity index (χ1) is 6.10. The zero-order valence-corrected chi connectivity index (χ0v) is 9.26. The van der Waals surface area contributed by atoms with Crippen LogP contribution in [-0.2, 0) is 4.74 Å². The monoisotopic (exact) mass is 189 g/mol. The van der Waals surface area contributed by atoms with Crippen molar-refractivity contribution in [2.24, 2.45) is 0 Å². The van der Waals surface area contributed by atoms with E-state index in [0.29, 0.717) is 0 Å². The lowest BCUT2D eigenvalue weighted by Crippen LogP contribution is -2.52. The summed E-state index contributed by atoms with van der Waals surface area (Å²) >= 11 is 0. The third kappa shape index (κ3) is 4.07. The van der Waals surface area contributed by atoms with Crippen molar-refractivity contribution < 1.29 is 9.84 Å². The molecular weight excluding hydrogens is 166 g/mol. The van der Waals surface area contributed by atoms with Crippen molar-refractivity contribution in [3.05, 3.63) is 0 Å². The molecule has 3 heteroatoms. The molecule has 3 nitrogen and oxygen atoms in total. The van der Waals surface area contributed by atoms with E-state index in [2.05, 4.69) is 19.2 Å². The molecule has 2 unspecified atom stereocenters. The molecule has 80 valence electrons. The summed E-state index contributed by atoms with van der Waals surface area (Å²) in [6.45, 7) is 7.40. The van der Waals surface area contributed by atoms with Crippen molar-refractivity contribution in [2.75, 3.05) is 20.3 Å². The molecule has 0 aliphatic rings. The summed E-state index contributed by atoms with van der Waals surface area (Å²) in [5.74, 6) is 0. The van der Waals surface area contributed by atoms with Crippen molar-refractivity contribution in [2.45, 2.75) is 45.3 Å². The second-order valence-electron chi connectivity index (χ2n) is 3.70. The summed E-state index contributed by atoms with van der Waals surface area (Å²) < 4.78 is 5.29. The van der Waals surface area contributed by atoms with E-state index in [9.17, 15) is 0 Å². The summed E-state index contributed by atoms with van der Waals surface area (Å²) in [6, 6.07) is 0. The quantitative estimate of drug-likeness (QED) is 0.631. The predicted molar refractivity (Wildman–Crippen MR) is 54.9 cm³/mol. The molecule has 0 aromatic heterocycles. The fourth-order valence-corrected chi connectivity index (χ4v) is 1.34. The number of nitrogens with one attached hydrogen (secondary N) is 1. The van der Waals surface area contributed by atoms with E-state index in [1.165, 1.54) is 0 Å². The maximum atomic E-state index is 8.95. The molecule has 0 bridgehead atoms. The van der Waals surface area contributed by atoms with Crippen molar-refractivity contribution in [1.29, 1.82) is 0 Å². The molecule has 2 N–H and O–H groups in total. The lowest BCUT2D eigenvalue weighted by molar-refractivity contribution is 0.0256. The van der Waals surface area contributed by atoms with Gasteiger partial charge < -0.3 is 15.2 Å². The molecule has 2 atom stereocenters. The maximum Gasteiger partial charge on any atom is 0.0722 e. The molecule has 0 aromatic rings. The van der Waals surface area contributed by atoms with Gasteiger partial charge in [-0.15, -0.1) is 0 Å². The smallest absolute Gasteiger partial charge is 0.0722 e. The molecule has 0 heterocycles. The van der Waals surface area contributed by atoms with Gasteiger partial charge >= 0.3 is 0 Å². The maximum absolute atomic E-state index is 8.95. The van der Waals surface area contributed by atoms with E-state index < -0.39 is 0 Å². The van der Waals surface area contributed by atoms with Crippen molar-refractivity contribution in [3.8, 4) is 0 Å². The second kappa shape index (κ2) is 6.35. The molecule has 0 saturated heterocycles. The average Bonchev–Trinajstić information content (AvgIpc) is 2.14. The van der Waals surface area contributed by atoms with Gasteiger partial charge in [0.2, 0.25) is 0 Å². The average molecular weight is 189 g/mol. The van der Waals surface area contributed by atoms with Gasteiger partial charge in [0.15, 0.2) is 0 Å². The third-order valence-electron chi connectivity index (χ3n) is 2.66. The summed E-state index contributed by atoms with van der Waals surface area (Å²) in [5.41, 5.74) is -0.112. The number of aliphatic hydroxyl groups excluding tert-OH is 1. The first-order valence-electron chi connectivity index (χ1n) is 4.99. The van der Waals surface area contributed by atoms with Crippen LogP contribution in [0.25, 0.3) is 0 Å². The number of aliphatic hydroxyl groups is 1. The van der Waals surface area contributed by atoms with E-state index in [0.717, 1.165) is 19.4 Å². The van der Waals surface area contributed by atoms with E-state index in [1.807, 2.05) is 6.92 Å². The minimum atomic E-state index is -0.112. The predicted octanol–water partition coefficient (Wildman–Crippen LogP) is 1.16. The molecule has 0 aliphatic carbocycles. The number of hydrogen-bond donors (Lipinski definition) is 2. The van der Waals surface area contributed by atoms with Crippen LogP contribution in [0.3, 0.4) is 0 Å². The highest BCUT2D eigenvalue weighted by atomic mass is 16.5. The largest absolute Gasteiger partial charge is 0.396 e. The van der Waals surface area contributed by atoms with Crippen LogP contribution in [0.4, 0.5) is 0 Å². The van der Waals surface area contributed by atoms with Crippen LogP contribution in [0, 0.1) is 0 Å². The number of ether oxygens (including phenoxy) is 1. The molecule has 0 radical (unpaired) electrons. The van der Waals surface area contributed by atoms with Crippen LogP contribution in [-0.4, -0.2) is 37.0 Å². The Bertz CT molecular complexity index is 130. The first-order valence-corrected chi connectivity index (χ1v) is 4.99. The Labute approximate surface area is 81.5 Å². The summed E-state index contributed by atoms with van der Waals surface area (Å²) in [4.78, 5) is 0. The standard InChI is InChI=1S/C10H23NO2/c1-5-7-11-10(3,6-8-12)9(2)13-4/h9,11-12H,5-8H2,1-4H3. The Morgan fingerprint density at radius 1 is 1.54 bits per heavy atom. The van der Waals surface area contributed by atoms with Crippen LogP contribution < -0.4 is 5.32 Å². The lowest BCUT2D eigenvalue weighted by Gasteiger charge is -2.35. The van der Waals surface area contributed by atoms with Gasteiger partial charge in [-0.1, -0.05) is 6.92 Å². The molecule has 0 aliphatic heterocycles. The highest BCUT2D eigenvalue weighted by Crippen LogP contribution is 2.16. The SMILES string of the molecule is CCCNC(C)(CCO)C(C)OC. The molecular formula is C10H23NO2. The van der Waals surface area contributed by atoms with Gasteiger partial charge in [0.25, 0.3) is 0 Å². The van der Waals surface area contributed by atoms with Gasteiger partial charge in [-0.25, -0.2) is 0 Å². The van der Waals surface area contributed by atoms with Crippen LogP contribution in [0.2, 0.25) is 0 Å². The Hall–Kier alpha value is -0.120.